The predicted octanol–water partition coefficient (Wildman–Crippen LogP) is 4.51. The molecule has 0 fully saturated rings. The Kier molecular flexibility index (Phi) is 9.42. The molecule has 1 N–H and O–H groups in total. The quantitative estimate of drug-likeness (QED) is 0.572. The van der Waals surface area contributed by atoms with Crippen molar-refractivity contribution in [1.82, 2.24) is 5.32 Å². The topological polar surface area (TPSA) is 34.4 Å². The summed E-state index contributed by atoms with van der Waals surface area (Å²) in [6, 6.07) is 2.03. The molecule has 0 atom stereocenters. The lowest BCUT2D eigenvalue weighted by molar-refractivity contribution is 0.102. The predicted molar refractivity (Wildman–Crippen MR) is 83.7 cm³/mol. The lowest BCUT2D eigenvalue weighted by Gasteiger charge is -2.08. The zero-order valence-corrected chi connectivity index (χ0v) is 13.4. The number of hydrogen-bond donors (Lipinski definition) is 1. The summed E-state index contributed by atoms with van der Waals surface area (Å²) in [6.45, 7) is 9.99. The lowest BCUT2D eigenvalue weighted by Crippen LogP contribution is -2.19. The van der Waals surface area contributed by atoms with Crippen molar-refractivity contribution >= 4 is 0 Å². The first-order valence-electron chi connectivity index (χ1n) is 8.07. The fourth-order valence-electron chi connectivity index (χ4n) is 2.12. The molecule has 0 saturated heterocycles. The maximum atomic E-state index is 5.70. The fraction of sp³-hybridized carbons (Fsp3) is 0.765. The second-order valence-corrected chi connectivity index (χ2v) is 5.86. The van der Waals surface area contributed by atoms with Gasteiger partial charge in [-0.15, -0.1) is 0 Å². The Morgan fingerprint density at radius 2 is 2.00 bits per heavy atom. The van der Waals surface area contributed by atoms with Gasteiger partial charge in [-0.05, 0) is 24.9 Å². The Bertz CT molecular complexity index is 333. The van der Waals surface area contributed by atoms with Crippen molar-refractivity contribution in [2.24, 2.45) is 5.92 Å². The number of hydrogen-bond acceptors (Lipinski definition) is 3. The Morgan fingerprint density at radius 3 is 2.75 bits per heavy atom. The largest absolute Gasteiger partial charge is 0.467 e. The van der Waals surface area contributed by atoms with Crippen LogP contribution in [0, 0.1) is 5.92 Å². The number of nitrogens with one attached hydrogen (secondary N) is 1. The van der Waals surface area contributed by atoms with Crippen LogP contribution in [0.5, 0.6) is 0 Å². The molecular formula is C17H31NO2. The van der Waals surface area contributed by atoms with Crippen LogP contribution in [-0.2, 0) is 17.9 Å². The summed E-state index contributed by atoms with van der Waals surface area (Å²) in [5.74, 6) is 1.64. The molecule has 0 bridgehead atoms. The smallest absolute Gasteiger partial charge is 0.133 e. The summed E-state index contributed by atoms with van der Waals surface area (Å²) in [5.41, 5.74) is 1.22. The highest BCUT2D eigenvalue weighted by atomic mass is 16.5. The van der Waals surface area contributed by atoms with Crippen LogP contribution in [0.3, 0.4) is 0 Å². The first kappa shape index (κ1) is 17.3. The summed E-state index contributed by atoms with van der Waals surface area (Å²) in [4.78, 5) is 0. The van der Waals surface area contributed by atoms with Gasteiger partial charge in [0.2, 0.25) is 0 Å². The van der Waals surface area contributed by atoms with Gasteiger partial charge in [-0.3, -0.25) is 0 Å². The van der Waals surface area contributed by atoms with E-state index < -0.39 is 0 Å². The van der Waals surface area contributed by atoms with Crippen LogP contribution in [0.25, 0.3) is 0 Å². The van der Waals surface area contributed by atoms with Crippen LogP contribution in [0.15, 0.2) is 16.7 Å². The second kappa shape index (κ2) is 10.9. The van der Waals surface area contributed by atoms with Crippen LogP contribution in [0.1, 0.15) is 64.2 Å². The molecule has 0 aliphatic heterocycles. The Hall–Kier alpha value is -0.800. The third kappa shape index (κ3) is 7.71. The normalized spacial score (nSPS) is 11.4. The molecule has 1 aromatic rings. The van der Waals surface area contributed by atoms with E-state index >= 15 is 0 Å². The third-order valence-corrected chi connectivity index (χ3v) is 3.33. The Labute approximate surface area is 124 Å². The van der Waals surface area contributed by atoms with Gasteiger partial charge in [0, 0.05) is 18.7 Å². The molecule has 20 heavy (non-hydrogen) atoms. The molecule has 0 spiro atoms. The lowest BCUT2D eigenvalue weighted by atomic mass is 10.2. The van der Waals surface area contributed by atoms with Crippen molar-refractivity contribution < 1.29 is 9.15 Å². The van der Waals surface area contributed by atoms with Crippen molar-refractivity contribution in [3.63, 3.8) is 0 Å². The molecule has 1 aromatic heterocycles. The minimum atomic E-state index is 0.597. The van der Waals surface area contributed by atoms with E-state index in [0.717, 1.165) is 31.9 Å². The molecule has 1 heterocycles. The second-order valence-electron chi connectivity index (χ2n) is 5.86. The van der Waals surface area contributed by atoms with E-state index in [4.69, 9.17) is 9.15 Å². The highest BCUT2D eigenvalue weighted by Gasteiger charge is 2.06. The third-order valence-electron chi connectivity index (χ3n) is 3.33. The molecule has 0 aromatic carbocycles. The van der Waals surface area contributed by atoms with Gasteiger partial charge in [-0.1, -0.05) is 46.5 Å². The van der Waals surface area contributed by atoms with Crippen LogP contribution >= 0.6 is 0 Å². The van der Waals surface area contributed by atoms with Gasteiger partial charge in [0.15, 0.2) is 0 Å². The van der Waals surface area contributed by atoms with E-state index in [1.54, 1.807) is 6.26 Å². The van der Waals surface area contributed by atoms with Crippen LogP contribution in [-0.4, -0.2) is 13.2 Å². The molecule has 0 unspecified atom stereocenters. The van der Waals surface area contributed by atoms with Crippen LogP contribution in [0.4, 0.5) is 0 Å². The van der Waals surface area contributed by atoms with E-state index in [9.17, 15) is 0 Å². The summed E-state index contributed by atoms with van der Waals surface area (Å²) < 4.78 is 11.2. The highest BCUT2D eigenvalue weighted by Crippen LogP contribution is 2.12. The number of furan rings is 1. The molecular weight excluding hydrogens is 250 g/mol. The first-order chi connectivity index (χ1) is 9.74. The molecule has 0 amide bonds. The van der Waals surface area contributed by atoms with Gasteiger partial charge in [0.25, 0.3) is 0 Å². The van der Waals surface area contributed by atoms with Gasteiger partial charge in [0.05, 0.1) is 6.26 Å². The Balaban J connectivity index is 2.12. The van der Waals surface area contributed by atoms with Gasteiger partial charge >= 0.3 is 0 Å². The molecule has 0 saturated carbocycles. The van der Waals surface area contributed by atoms with Gasteiger partial charge in [0.1, 0.15) is 12.4 Å². The van der Waals surface area contributed by atoms with Gasteiger partial charge in [-0.25, -0.2) is 0 Å². The molecule has 0 aliphatic carbocycles. The maximum absolute atomic E-state index is 5.70. The SMILES string of the molecule is CCCCCCCOCc1occc1CNCC(C)C. The zero-order chi connectivity index (χ0) is 14.6. The average molecular weight is 281 g/mol. The summed E-state index contributed by atoms with van der Waals surface area (Å²) in [7, 11) is 0. The minimum Gasteiger partial charge on any atom is -0.467 e. The van der Waals surface area contributed by atoms with Crippen molar-refractivity contribution in [1.29, 1.82) is 0 Å². The van der Waals surface area contributed by atoms with Crippen molar-refractivity contribution in [2.75, 3.05) is 13.2 Å². The molecule has 116 valence electrons. The first-order valence-corrected chi connectivity index (χ1v) is 8.07. The summed E-state index contributed by atoms with van der Waals surface area (Å²) in [6.07, 6.45) is 8.14. The molecule has 3 heteroatoms. The monoisotopic (exact) mass is 281 g/mol. The fourth-order valence-corrected chi connectivity index (χ4v) is 2.12. The average Bonchev–Trinajstić information content (AvgIpc) is 2.85. The van der Waals surface area contributed by atoms with Crippen LogP contribution in [0.2, 0.25) is 0 Å². The van der Waals surface area contributed by atoms with E-state index in [1.165, 1.54) is 31.2 Å². The number of unbranched alkanes of at least 4 members (excludes halogenated alkanes) is 4. The van der Waals surface area contributed by atoms with Crippen LogP contribution < -0.4 is 5.32 Å². The zero-order valence-electron chi connectivity index (χ0n) is 13.4. The molecule has 0 radical (unpaired) electrons. The summed E-state index contributed by atoms with van der Waals surface area (Å²) in [5, 5.41) is 3.44. The van der Waals surface area contributed by atoms with Crippen molar-refractivity contribution in [3.8, 4) is 0 Å². The summed E-state index contributed by atoms with van der Waals surface area (Å²) >= 11 is 0. The van der Waals surface area contributed by atoms with E-state index in [0.29, 0.717) is 12.5 Å². The van der Waals surface area contributed by atoms with E-state index in [2.05, 4.69) is 26.1 Å². The molecule has 3 nitrogen and oxygen atoms in total. The molecule has 0 aliphatic rings. The maximum Gasteiger partial charge on any atom is 0.133 e. The van der Waals surface area contributed by atoms with Gasteiger partial charge < -0.3 is 14.5 Å². The highest BCUT2D eigenvalue weighted by molar-refractivity contribution is 5.16. The standard InChI is InChI=1S/C17H31NO2/c1-4-5-6-7-8-10-19-14-17-16(9-11-20-17)13-18-12-15(2)3/h9,11,15,18H,4-8,10,12-14H2,1-3H3. The number of rotatable bonds is 12. The Morgan fingerprint density at radius 1 is 1.20 bits per heavy atom. The van der Waals surface area contributed by atoms with E-state index in [-0.39, 0.29) is 0 Å². The van der Waals surface area contributed by atoms with Crippen molar-refractivity contribution in [3.05, 3.63) is 23.7 Å². The van der Waals surface area contributed by atoms with E-state index in [1.807, 2.05) is 6.07 Å². The van der Waals surface area contributed by atoms with Crippen molar-refractivity contribution in [2.45, 2.75) is 66.0 Å². The van der Waals surface area contributed by atoms with Gasteiger partial charge in [-0.2, -0.15) is 0 Å². The number of ether oxygens (including phenoxy) is 1. The minimum absolute atomic E-state index is 0.597. The molecule has 1 rings (SSSR count).